The van der Waals surface area contributed by atoms with Gasteiger partial charge in [-0.2, -0.15) is 13.2 Å². The Morgan fingerprint density at radius 2 is 1.75 bits per heavy atom. The van der Waals surface area contributed by atoms with Crippen LogP contribution in [0.4, 0.5) is 13.2 Å². The molecule has 1 N–H and O–H groups in total. The minimum Gasteiger partial charge on any atom is -0.494 e. The van der Waals surface area contributed by atoms with Gasteiger partial charge in [-0.15, -0.1) is 0 Å². The third-order valence-corrected chi connectivity index (χ3v) is 3.67. The molecule has 5 heteroatoms. The van der Waals surface area contributed by atoms with Crippen LogP contribution in [-0.2, 0) is 6.18 Å². The van der Waals surface area contributed by atoms with Gasteiger partial charge >= 0.3 is 6.18 Å². The Hall–Kier alpha value is -1.23. The third-order valence-electron chi connectivity index (χ3n) is 3.67. The highest BCUT2D eigenvalue weighted by atomic mass is 19.4. The van der Waals surface area contributed by atoms with E-state index in [0.29, 0.717) is 12.4 Å². The lowest BCUT2D eigenvalue weighted by Crippen LogP contribution is -2.27. The second-order valence-electron chi connectivity index (χ2n) is 5.21. The van der Waals surface area contributed by atoms with Crippen LogP contribution in [0.5, 0.6) is 5.75 Å². The molecule has 1 heterocycles. The molecular weight excluding hydrogens is 267 g/mol. The number of alkyl halides is 3. The molecule has 0 spiro atoms. The van der Waals surface area contributed by atoms with Crippen LogP contribution in [0.25, 0.3) is 0 Å². The zero-order valence-corrected chi connectivity index (χ0v) is 11.4. The molecule has 0 unspecified atom stereocenters. The summed E-state index contributed by atoms with van der Waals surface area (Å²) in [6, 6.07) is 4.88. The molecule has 0 saturated carbocycles. The smallest absolute Gasteiger partial charge is 0.416 e. The fourth-order valence-electron chi connectivity index (χ4n) is 2.47. The number of hydrogen-bond donors (Lipinski definition) is 1. The molecule has 20 heavy (non-hydrogen) atoms. The van der Waals surface area contributed by atoms with Gasteiger partial charge in [-0.1, -0.05) is 0 Å². The second kappa shape index (κ2) is 6.97. The number of halogens is 3. The van der Waals surface area contributed by atoms with Gasteiger partial charge in [-0.25, -0.2) is 0 Å². The van der Waals surface area contributed by atoms with Crippen molar-refractivity contribution in [2.45, 2.75) is 31.9 Å². The van der Waals surface area contributed by atoms with Gasteiger partial charge in [0.1, 0.15) is 5.75 Å². The molecule has 0 atom stereocenters. The maximum absolute atomic E-state index is 12.4. The summed E-state index contributed by atoms with van der Waals surface area (Å²) in [6.45, 7) is 2.74. The number of rotatable bonds is 5. The van der Waals surface area contributed by atoms with E-state index < -0.39 is 11.7 Å². The van der Waals surface area contributed by atoms with Gasteiger partial charge in [-0.3, -0.25) is 0 Å². The normalized spacial score (nSPS) is 17.1. The number of hydrogen-bond acceptors (Lipinski definition) is 2. The minimum atomic E-state index is -4.28. The fraction of sp³-hybridized carbons (Fsp3) is 0.600. The fourth-order valence-corrected chi connectivity index (χ4v) is 2.47. The number of nitrogens with one attached hydrogen (secondary N) is 1. The first-order chi connectivity index (χ1) is 9.55. The summed E-state index contributed by atoms with van der Waals surface area (Å²) in [6.07, 6.45) is 0.210. The first-order valence-corrected chi connectivity index (χ1v) is 7.06. The van der Waals surface area contributed by atoms with Gasteiger partial charge in [0, 0.05) is 0 Å². The minimum absolute atomic E-state index is 0.503. The molecule has 2 nitrogen and oxygen atoms in total. The maximum Gasteiger partial charge on any atom is 0.416 e. The highest BCUT2D eigenvalue weighted by Crippen LogP contribution is 2.30. The van der Waals surface area contributed by atoms with E-state index in [1.54, 1.807) is 0 Å². The van der Waals surface area contributed by atoms with Crippen molar-refractivity contribution in [1.82, 2.24) is 5.32 Å². The molecule has 1 aromatic carbocycles. The summed E-state index contributed by atoms with van der Waals surface area (Å²) >= 11 is 0. The van der Waals surface area contributed by atoms with Crippen molar-refractivity contribution in [2.24, 2.45) is 5.92 Å². The van der Waals surface area contributed by atoms with E-state index in [1.807, 2.05) is 0 Å². The molecule has 1 saturated heterocycles. The van der Waals surface area contributed by atoms with Gasteiger partial charge in [0.2, 0.25) is 0 Å². The molecular formula is C15H20F3NO. The maximum atomic E-state index is 12.4. The quantitative estimate of drug-likeness (QED) is 0.830. The highest BCUT2D eigenvalue weighted by molar-refractivity contribution is 5.28. The Balaban J connectivity index is 1.68. The molecule has 1 aliphatic rings. The van der Waals surface area contributed by atoms with Crippen LogP contribution in [0.3, 0.4) is 0 Å². The lowest BCUT2D eigenvalue weighted by molar-refractivity contribution is -0.137. The van der Waals surface area contributed by atoms with Crippen molar-refractivity contribution >= 4 is 0 Å². The molecule has 1 aliphatic heterocycles. The van der Waals surface area contributed by atoms with E-state index in [0.717, 1.165) is 44.0 Å². The lowest BCUT2D eigenvalue weighted by Gasteiger charge is -2.22. The Bertz CT molecular complexity index is 397. The van der Waals surface area contributed by atoms with Crippen molar-refractivity contribution < 1.29 is 17.9 Å². The summed E-state index contributed by atoms with van der Waals surface area (Å²) in [4.78, 5) is 0. The molecule has 1 aromatic rings. The molecule has 1 fully saturated rings. The van der Waals surface area contributed by atoms with Crippen LogP contribution in [0.1, 0.15) is 31.2 Å². The van der Waals surface area contributed by atoms with Crippen LogP contribution >= 0.6 is 0 Å². The Morgan fingerprint density at radius 1 is 1.10 bits per heavy atom. The van der Waals surface area contributed by atoms with Gasteiger partial charge in [0.25, 0.3) is 0 Å². The largest absolute Gasteiger partial charge is 0.494 e. The average Bonchev–Trinajstić information content (AvgIpc) is 2.44. The van der Waals surface area contributed by atoms with E-state index in [4.69, 9.17) is 4.74 Å². The standard InChI is InChI=1S/C15H20F3NO/c16-15(17,18)13-3-5-14(6-4-13)20-11-1-2-12-7-9-19-10-8-12/h3-6,12,19H,1-2,7-11H2. The first kappa shape index (κ1) is 15.2. The molecule has 0 amide bonds. The summed E-state index contributed by atoms with van der Waals surface area (Å²) in [5, 5.41) is 3.33. The summed E-state index contributed by atoms with van der Waals surface area (Å²) in [5.41, 5.74) is -0.639. The van der Waals surface area contributed by atoms with Crippen LogP contribution in [0.2, 0.25) is 0 Å². The first-order valence-electron chi connectivity index (χ1n) is 7.06. The lowest BCUT2D eigenvalue weighted by atomic mass is 9.93. The van der Waals surface area contributed by atoms with Crippen LogP contribution < -0.4 is 10.1 Å². The zero-order chi connectivity index (χ0) is 14.4. The monoisotopic (exact) mass is 287 g/mol. The summed E-state index contributed by atoms with van der Waals surface area (Å²) in [7, 11) is 0. The van der Waals surface area contributed by atoms with Gasteiger partial charge in [-0.05, 0) is 69.0 Å². The topological polar surface area (TPSA) is 21.3 Å². The second-order valence-corrected chi connectivity index (χ2v) is 5.21. The van der Waals surface area contributed by atoms with Crippen molar-refractivity contribution in [1.29, 1.82) is 0 Å². The summed E-state index contributed by atoms with van der Waals surface area (Å²) < 4.78 is 42.6. The number of ether oxygens (including phenoxy) is 1. The van der Waals surface area contributed by atoms with E-state index in [9.17, 15) is 13.2 Å². The van der Waals surface area contributed by atoms with Gasteiger partial charge < -0.3 is 10.1 Å². The van der Waals surface area contributed by atoms with Crippen LogP contribution in [0, 0.1) is 5.92 Å². The molecule has 2 rings (SSSR count). The van der Waals surface area contributed by atoms with Crippen molar-refractivity contribution in [3.63, 3.8) is 0 Å². The third kappa shape index (κ3) is 4.71. The SMILES string of the molecule is FC(F)(F)c1ccc(OCCCC2CCNCC2)cc1. The zero-order valence-electron chi connectivity index (χ0n) is 11.4. The van der Waals surface area contributed by atoms with Crippen LogP contribution in [0.15, 0.2) is 24.3 Å². The van der Waals surface area contributed by atoms with E-state index in [2.05, 4.69) is 5.32 Å². The van der Waals surface area contributed by atoms with Gasteiger partial charge in [0.15, 0.2) is 0 Å². The van der Waals surface area contributed by atoms with Crippen molar-refractivity contribution in [3.8, 4) is 5.75 Å². The van der Waals surface area contributed by atoms with Gasteiger partial charge in [0.05, 0.1) is 12.2 Å². The average molecular weight is 287 g/mol. The highest BCUT2D eigenvalue weighted by Gasteiger charge is 2.29. The predicted octanol–water partition coefficient (Wildman–Crippen LogP) is 3.86. The van der Waals surface area contributed by atoms with E-state index >= 15 is 0 Å². The van der Waals surface area contributed by atoms with E-state index in [-0.39, 0.29) is 0 Å². The molecule has 112 valence electrons. The Morgan fingerprint density at radius 3 is 2.35 bits per heavy atom. The molecule has 0 aliphatic carbocycles. The Kier molecular flexibility index (Phi) is 5.29. The molecule has 0 radical (unpaired) electrons. The number of benzene rings is 1. The van der Waals surface area contributed by atoms with Crippen molar-refractivity contribution in [3.05, 3.63) is 29.8 Å². The number of piperidine rings is 1. The molecule has 0 bridgehead atoms. The van der Waals surface area contributed by atoms with Crippen LogP contribution in [-0.4, -0.2) is 19.7 Å². The summed E-state index contributed by atoms with van der Waals surface area (Å²) in [5.74, 6) is 1.26. The Labute approximate surface area is 117 Å². The van der Waals surface area contributed by atoms with Crippen molar-refractivity contribution in [2.75, 3.05) is 19.7 Å². The predicted molar refractivity (Wildman–Crippen MR) is 71.8 cm³/mol. The molecule has 0 aromatic heterocycles. The van der Waals surface area contributed by atoms with E-state index in [1.165, 1.54) is 25.0 Å².